The fraction of sp³-hybridized carbons (Fsp3) is 0.833. The van der Waals surface area contributed by atoms with Gasteiger partial charge < -0.3 is 14.9 Å². The fourth-order valence-corrected chi connectivity index (χ4v) is 1.09. The average Bonchev–Trinajstić information content (AvgIpc) is 2.26. The predicted octanol–water partition coefficient (Wildman–Crippen LogP) is -1.63. The van der Waals surface area contributed by atoms with Gasteiger partial charge in [0.05, 0.1) is 24.7 Å². The maximum absolute atomic E-state index is 9.23. The lowest BCUT2D eigenvalue weighted by atomic mass is 9.86. The van der Waals surface area contributed by atoms with E-state index in [9.17, 15) is 5.11 Å². The van der Waals surface area contributed by atoms with Crippen LogP contribution in [0, 0.1) is 17.2 Å². The molecule has 1 rings (SSSR count). The second-order valence-corrected chi connectivity index (χ2v) is 2.47. The molecule has 0 amide bonds. The second kappa shape index (κ2) is 3.22. The number of nitrogens with zero attached hydrogens (tertiary/aromatic N) is 1. The predicted molar refractivity (Wildman–Crippen MR) is 36.6 cm³/mol. The first-order valence-electron chi connectivity index (χ1n) is 3.30. The van der Waals surface area contributed by atoms with Crippen LogP contribution in [0.2, 0.25) is 0 Å². The fourth-order valence-electron chi connectivity index (χ4n) is 1.09. The quantitative estimate of drug-likeness (QED) is 0.443. The van der Waals surface area contributed by atoms with Crippen LogP contribution in [0.1, 0.15) is 0 Å². The van der Waals surface area contributed by atoms with Crippen molar-refractivity contribution in [3.8, 4) is 6.07 Å². The standard InChI is InChI=1S/C6H8BNO3/c7-6-3(1-8)5(10)4(2-9)11-6/h3-6,9-10H,2H2/t3?,4-,5-,6-/m1/s1. The summed E-state index contributed by atoms with van der Waals surface area (Å²) >= 11 is 0. The Morgan fingerprint density at radius 1 is 1.64 bits per heavy atom. The van der Waals surface area contributed by atoms with Gasteiger partial charge in [-0.1, -0.05) is 0 Å². The van der Waals surface area contributed by atoms with E-state index in [4.69, 9.17) is 23.0 Å². The van der Waals surface area contributed by atoms with E-state index in [1.54, 1.807) is 0 Å². The Morgan fingerprint density at radius 2 is 2.27 bits per heavy atom. The van der Waals surface area contributed by atoms with Crippen LogP contribution in [0.15, 0.2) is 0 Å². The summed E-state index contributed by atoms with van der Waals surface area (Å²) < 4.78 is 4.88. The topological polar surface area (TPSA) is 73.5 Å². The Hall–Kier alpha value is -0.565. The van der Waals surface area contributed by atoms with Gasteiger partial charge in [-0.15, -0.1) is 0 Å². The molecule has 0 saturated carbocycles. The van der Waals surface area contributed by atoms with Gasteiger partial charge in [-0.05, 0) is 0 Å². The van der Waals surface area contributed by atoms with Crippen LogP contribution >= 0.6 is 0 Å². The lowest BCUT2D eigenvalue weighted by Gasteiger charge is -2.09. The number of hydrogen-bond acceptors (Lipinski definition) is 4. The maximum Gasteiger partial charge on any atom is 0.110 e. The lowest BCUT2D eigenvalue weighted by molar-refractivity contribution is -0.00459. The third-order valence-electron chi connectivity index (χ3n) is 1.76. The molecule has 1 aliphatic rings. The van der Waals surface area contributed by atoms with Gasteiger partial charge >= 0.3 is 0 Å². The van der Waals surface area contributed by atoms with Gasteiger partial charge in [-0.25, -0.2) is 0 Å². The van der Waals surface area contributed by atoms with E-state index in [1.807, 2.05) is 6.07 Å². The summed E-state index contributed by atoms with van der Waals surface area (Å²) in [4.78, 5) is 0. The highest BCUT2D eigenvalue weighted by Crippen LogP contribution is 2.24. The molecule has 1 unspecified atom stereocenters. The molecule has 58 valence electrons. The molecule has 1 fully saturated rings. The first-order valence-corrected chi connectivity index (χ1v) is 3.30. The van der Waals surface area contributed by atoms with E-state index in [1.165, 1.54) is 0 Å². The summed E-state index contributed by atoms with van der Waals surface area (Å²) in [6.45, 7) is -0.312. The molecule has 4 nitrogen and oxygen atoms in total. The highest BCUT2D eigenvalue weighted by atomic mass is 16.5. The van der Waals surface area contributed by atoms with Crippen molar-refractivity contribution >= 4 is 7.85 Å². The Balaban J connectivity index is 2.64. The van der Waals surface area contributed by atoms with Crippen LogP contribution in [0.3, 0.4) is 0 Å². The van der Waals surface area contributed by atoms with Gasteiger partial charge in [-0.2, -0.15) is 5.26 Å². The molecule has 1 aliphatic heterocycles. The molecule has 0 aromatic carbocycles. The minimum absolute atomic E-state index is 0.312. The van der Waals surface area contributed by atoms with Crippen molar-refractivity contribution in [2.45, 2.75) is 18.2 Å². The van der Waals surface area contributed by atoms with Crippen LogP contribution in [0.25, 0.3) is 0 Å². The number of aliphatic hydroxyl groups is 2. The molecular weight excluding hydrogens is 145 g/mol. The number of rotatable bonds is 1. The molecule has 2 radical (unpaired) electrons. The summed E-state index contributed by atoms with van der Waals surface area (Å²) in [5, 5.41) is 26.3. The largest absolute Gasteiger partial charge is 0.394 e. The smallest absolute Gasteiger partial charge is 0.110 e. The monoisotopic (exact) mass is 153 g/mol. The Morgan fingerprint density at radius 3 is 2.55 bits per heavy atom. The normalized spacial score (nSPS) is 43.7. The van der Waals surface area contributed by atoms with Crippen LogP contribution in [-0.2, 0) is 4.74 Å². The molecule has 5 heteroatoms. The summed E-state index contributed by atoms with van der Waals surface area (Å²) in [6, 6.07) is 1.03. The van der Waals surface area contributed by atoms with E-state index in [-0.39, 0.29) is 6.61 Å². The molecule has 0 aromatic rings. The van der Waals surface area contributed by atoms with Gasteiger partial charge in [0.1, 0.15) is 14.0 Å². The molecular formula is C6H8BNO3. The molecule has 2 N–H and O–H groups in total. The zero-order chi connectivity index (χ0) is 8.43. The third kappa shape index (κ3) is 1.38. The molecule has 4 atom stereocenters. The van der Waals surface area contributed by atoms with E-state index < -0.39 is 24.1 Å². The molecule has 0 aliphatic carbocycles. The van der Waals surface area contributed by atoms with Crippen LogP contribution in [0.4, 0.5) is 0 Å². The van der Waals surface area contributed by atoms with Crippen LogP contribution < -0.4 is 0 Å². The highest BCUT2D eigenvalue weighted by Gasteiger charge is 2.40. The zero-order valence-electron chi connectivity index (χ0n) is 5.84. The van der Waals surface area contributed by atoms with E-state index >= 15 is 0 Å². The highest BCUT2D eigenvalue weighted by molar-refractivity contribution is 6.11. The van der Waals surface area contributed by atoms with Gasteiger partial charge in [0.15, 0.2) is 0 Å². The van der Waals surface area contributed by atoms with Gasteiger partial charge in [0, 0.05) is 6.00 Å². The molecule has 0 spiro atoms. The SMILES string of the molecule is [B][C@@H]1O[C@H](CO)[C@H](O)C1C#N. The Kier molecular flexibility index (Phi) is 2.50. The second-order valence-electron chi connectivity index (χ2n) is 2.47. The molecule has 0 bridgehead atoms. The van der Waals surface area contributed by atoms with E-state index in [2.05, 4.69) is 0 Å². The summed E-state index contributed by atoms with van der Waals surface area (Å²) in [6.07, 6.45) is -1.69. The average molecular weight is 153 g/mol. The molecule has 11 heavy (non-hydrogen) atoms. The molecule has 1 saturated heterocycles. The molecule has 1 heterocycles. The van der Waals surface area contributed by atoms with Gasteiger partial charge in [-0.3, -0.25) is 0 Å². The van der Waals surface area contributed by atoms with E-state index in [0.717, 1.165) is 0 Å². The van der Waals surface area contributed by atoms with E-state index in [0.29, 0.717) is 0 Å². The number of aliphatic hydroxyl groups excluding tert-OH is 2. The zero-order valence-corrected chi connectivity index (χ0v) is 5.84. The maximum atomic E-state index is 9.23. The van der Waals surface area contributed by atoms with Crippen molar-refractivity contribution in [3.05, 3.63) is 0 Å². The van der Waals surface area contributed by atoms with Crippen molar-refractivity contribution in [1.82, 2.24) is 0 Å². The van der Waals surface area contributed by atoms with Gasteiger partial charge in [0.2, 0.25) is 0 Å². The summed E-state index contributed by atoms with van der Waals surface area (Å²) in [5.41, 5.74) is 0. The summed E-state index contributed by atoms with van der Waals surface area (Å²) in [7, 11) is 5.33. The van der Waals surface area contributed by atoms with Crippen LogP contribution in [0.5, 0.6) is 0 Å². The Labute approximate surface area is 65.8 Å². The first-order chi connectivity index (χ1) is 5.20. The first kappa shape index (κ1) is 8.53. The van der Waals surface area contributed by atoms with Gasteiger partial charge in [0.25, 0.3) is 0 Å². The number of hydrogen-bond donors (Lipinski definition) is 2. The molecule has 0 aromatic heterocycles. The van der Waals surface area contributed by atoms with Crippen molar-refractivity contribution in [3.63, 3.8) is 0 Å². The minimum atomic E-state index is -0.972. The van der Waals surface area contributed by atoms with Crippen LogP contribution in [-0.4, -0.2) is 42.9 Å². The minimum Gasteiger partial charge on any atom is -0.394 e. The Bertz CT molecular complexity index is 181. The summed E-state index contributed by atoms with van der Waals surface area (Å²) in [5.74, 6) is -0.729. The van der Waals surface area contributed by atoms with Crippen molar-refractivity contribution in [1.29, 1.82) is 5.26 Å². The lowest BCUT2D eigenvalue weighted by Crippen LogP contribution is -2.28. The third-order valence-corrected chi connectivity index (χ3v) is 1.76. The number of nitriles is 1. The number of ether oxygens (including phenoxy) is 1. The van der Waals surface area contributed by atoms with Crippen molar-refractivity contribution in [2.24, 2.45) is 5.92 Å². The van der Waals surface area contributed by atoms with Crippen molar-refractivity contribution < 1.29 is 14.9 Å². The van der Waals surface area contributed by atoms with Crippen molar-refractivity contribution in [2.75, 3.05) is 6.61 Å².